The van der Waals surface area contributed by atoms with Gasteiger partial charge >= 0.3 is 0 Å². The molecule has 1 aromatic heterocycles. The maximum atomic E-state index is 5.66. The molecular formula is C12H21IN2O. The molecule has 4 heteroatoms. The second-order valence-electron chi connectivity index (χ2n) is 5.03. The van der Waals surface area contributed by atoms with Crippen LogP contribution in [0.2, 0.25) is 0 Å². The first-order valence-electron chi connectivity index (χ1n) is 5.85. The van der Waals surface area contributed by atoms with Crippen LogP contribution >= 0.6 is 0 Å². The molecule has 0 saturated carbocycles. The van der Waals surface area contributed by atoms with Crippen molar-refractivity contribution in [3.8, 4) is 0 Å². The maximum absolute atomic E-state index is 5.66. The van der Waals surface area contributed by atoms with Gasteiger partial charge in [0.25, 0.3) is 0 Å². The number of likely N-dealkylation sites (tertiary alicyclic amines) is 1. The number of aryl methyl sites for hydroxylation is 2. The number of nitrogens with zero attached hydrogens (tertiary/aromatic N) is 2. The van der Waals surface area contributed by atoms with Crippen LogP contribution in [0.4, 0.5) is 0 Å². The second kappa shape index (κ2) is 5.49. The number of quaternary nitrogens is 1. The van der Waals surface area contributed by atoms with E-state index in [1.807, 2.05) is 13.8 Å². The molecule has 2 rings (SSSR count). The summed E-state index contributed by atoms with van der Waals surface area (Å²) in [4.78, 5) is 4.33. The average molecular weight is 336 g/mol. The van der Waals surface area contributed by atoms with E-state index >= 15 is 0 Å². The molecule has 2 heterocycles. The van der Waals surface area contributed by atoms with Gasteiger partial charge in [-0.05, 0) is 26.2 Å². The van der Waals surface area contributed by atoms with Crippen molar-refractivity contribution in [3.63, 3.8) is 0 Å². The fourth-order valence-electron chi connectivity index (χ4n) is 2.50. The van der Waals surface area contributed by atoms with Gasteiger partial charge < -0.3 is 32.9 Å². The van der Waals surface area contributed by atoms with Gasteiger partial charge in [-0.15, -0.1) is 0 Å². The largest absolute Gasteiger partial charge is 1.00 e. The summed E-state index contributed by atoms with van der Waals surface area (Å²) in [6.45, 7) is 7.53. The van der Waals surface area contributed by atoms with E-state index in [0.717, 1.165) is 28.4 Å². The Kier molecular flexibility index (Phi) is 4.79. The van der Waals surface area contributed by atoms with Gasteiger partial charge in [-0.25, -0.2) is 4.98 Å². The zero-order valence-electron chi connectivity index (χ0n) is 10.4. The van der Waals surface area contributed by atoms with E-state index in [-0.39, 0.29) is 24.0 Å². The zero-order chi connectivity index (χ0) is 10.9. The number of oxazole rings is 1. The highest BCUT2D eigenvalue weighted by atomic mass is 127. The maximum Gasteiger partial charge on any atom is 0.191 e. The number of halogens is 1. The Morgan fingerprint density at radius 3 is 2.31 bits per heavy atom. The molecule has 0 radical (unpaired) electrons. The standard InChI is InChI=1S/C12H21N2O.HI/c1-10-12(15-11(2)13-10)9-14(3)7-5-4-6-8-14;/h4-9H2,1-3H3;1H/q+1;/p-1. The van der Waals surface area contributed by atoms with Gasteiger partial charge in [-0.2, -0.15) is 0 Å². The molecule has 0 aliphatic carbocycles. The number of aromatic nitrogens is 1. The topological polar surface area (TPSA) is 26.0 Å². The zero-order valence-corrected chi connectivity index (χ0v) is 12.6. The van der Waals surface area contributed by atoms with Crippen molar-refractivity contribution in [3.05, 3.63) is 17.3 Å². The molecule has 0 N–H and O–H groups in total. The van der Waals surface area contributed by atoms with Crippen molar-refractivity contribution in [1.82, 2.24) is 4.98 Å². The molecule has 0 bridgehead atoms. The molecule has 1 aliphatic rings. The molecule has 1 aromatic rings. The van der Waals surface area contributed by atoms with Gasteiger partial charge in [-0.1, -0.05) is 0 Å². The first kappa shape index (κ1) is 14.0. The predicted molar refractivity (Wildman–Crippen MR) is 59.5 cm³/mol. The van der Waals surface area contributed by atoms with Crippen LogP contribution in [-0.4, -0.2) is 29.6 Å². The average Bonchev–Trinajstić information content (AvgIpc) is 2.45. The van der Waals surface area contributed by atoms with Crippen LogP contribution in [0.1, 0.15) is 36.6 Å². The van der Waals surface area contributed by atoms with Crippen LogP contribution in [0.25, 0.3) is 0 Å². The van der Waals surface area contributed by atoms with Gasteiger partial charge in [0.1, 0.15) is 6.54 Å². The highest BCUT2D eigenvalue weighted by Crippen LogP contribution is 2.22. The Hall–Kier alpha value is -0.100. The van der Waals surface area contributed by atoms with Gasteiger partial charge in [0.2, 0.25) is 0 Å². The minimum Gasteiger partial charge on any atom is -1.00 e. The summed E-state index contributed by atoms with van der Waals surface area (Å²) >= 11 is 0. The smallest absolute Gasteiger partial charge is 0.191 e. The van der Waals surface area contributed by atoms with E-state index in [1.165, 1.54) is 32.4 Å². The number of hydrogen-bond donors (Lipinski definition) is 0. The fourth-order valence-corrected chi connectivity index (χ4v) is 2.50. The molecule has 1 saturated heterocycles. The molecule has 92 valence electrons. The fraction of sp³-hybridized carbons (Fsp3) is 0.750. The van der Waals surface area contributed by atoms with Crippen molar-refractivity contribution in [2.24, 2.45) is 0 Å². The molecule has 3 nitrogen and oxygen atoms in total. The lowest BCUT2D eigenvalue weighted by Crippen LogP contribution is -3.00. The van der Waals surface area contributed by atoms with Crippen LogP contribution in [0, 0.1) is 13.8 Å². The third kappa shape index (κ3) is 3.20. The third-order valence-corrected chi connectivity index (χ3v) is 3.42. The van der Waals surface area contributed by atoms with E-state index in [2.05, 4.69) is 12.0 Å². The van der Waals surface area contributed by atoms with Crippen LogP contribution in [0.15, 0.2) is 4.42 Å². The molecule has 1 aliphatic heterocycles. The third-order valence-electron chi connectivity index (χ3n) is 3.42. The highest BCUT2D eigenvalue weighted by molar-refractivity contribution is 5.05. The summed E-state index contributed by atoms with van der Waals surface area (Å²) in [6.07, 6.45) is 4.09. The van der Waals surface area contributed by atoms with Crippen molar-refractivity contribution in [2.75, 3.05) is 20.1 Å². The molecule has 0 spiro atoms. The number of hydrogen-bond acceptors (Lipinski definition) is 2. The number of rotatable bonds is 2. The number of piperidine rings is 1. The van der Waals surface area contributed by atoms with E-state index in [9.17, 15) is 0 Å². The Morgan fingerprint density at radius 2 is 1.81 bits per heavy atom. The van der Waals surface area contributed by atoms with Gasteiger partial charge in [0.15, 0.2) is 11.7 Å². The van der Waals surface area contributed by atoms with Gasteiger partial charge in [0.05, 0.1) is 25.8 Å². The Morgan fingerprint density at radius 1 is 1.19 bits per heavy atom. The SMILES string of the molecule is Cc1nc(C)c(C[N+]2(C)CCCCC2)o1.[I-]. The first-order chi connectivity index (χ1) is 7.09. The van der Waals surface area contributed by atoms with Gasteiger partial charge in [0, 0.05) is 6.92 Å². The monoisotopic (exact) mass is 336 g/mol. The Labute approximate surface area is 115 Å². The molecule has 0 unspecified atom stereocenters. The van der Waals surface area contributed by atoms with Crippen LogP contribution in [-0.2, 0) is 6.54 Å². The summed E-state index contributed by atoms with van der Waals surface area (Å²) in [5.74, 6) is 1.88. The molecule has 16 heavy (non-hydrogen) atoms. The van der Waals surface area contributed by atoms with Crippen LogP contribution in [0.5, 0.6) is 0 Å². The highest BCUT2D eigenvalue weighted by Gasteiger charge is 2.27. The van der Waals surface area contributed by atoms with E-state index in [0.29, 0.717) is 0 Å². The van der Waals surface area contributed by atoms with E-state index in [4.69, 9.17) is 4.42 Å². The second-order valence-corrected chi connectivity index (χ2v) is 5.03. The Balaban J connectivity index is 0.00000128. The summed E-state index contributed by atoms with van der Waals surface area (Å²) in [5.41, 5.74) is 1.07. The minimum absolute atomic E-state index is 0. The Bertz CT molecular complexity index is 343. The summed E-state index contributed by atoms with van der Waals surface area (Å²) in [7, 11) is 2.33. The van der Waals surface area contributed by atoms with Crippen molar-refractivity contribution < 1.29 is 32.9 Å². The van der Waals surface area contributed by atoms with Crippen LogP contribution < -0.4 is 24.0 Å². The van der Waals surface area contributed by atoms with Crippen molar-refractivity contribution >= 4 is 0 Å². The molecule has 0 atom stereocenters. The van der Waals surface area contributed by atoms with E-state index < -0.39 is 0 Å². The first-order valence-corrected chi connectivity index (χ1v) is 5.85. The predicted octanol–water partition coefficient (Wildman–Crippen LogP) is -0.574. The van der Waals surface area contributed by atoms with Crippen molar-refractivity contribution in [2.45, 2.75) is 39.7 Å². The lowest BCUT2D eigenvalue weighted by molar-refractivity contribution is -0.927. The van der Waals surface area contributed by atoms with Gasteiger partial charge in [-0.3, -0.25) is 0 Å². The summed E-state index contributed by atoms with van der Waals surface area (Å²) < 4.78 is 6.78. The molecule has 0 amide bonds. The molecule has 0 aromatic carbocycles. The van der Waals surface area contributed by atoms with Crippen LogP contribution in [0.3, 0.4) is 0 Å². The lowest BCUT2D eigenvalue weighted by atomic mass is 10.1. The van der Waals surface area contributed by atoms with Crippen molar-refractivity contribution in [1.29, 1.82) is 0 Å². The lowest BCUT2D eigenvalue weighted by Gasteiger charge is -2.37. The summed E-state index contributed by atoms with van der Waals surface area (Å²) in [6, 6.07) is 0. The minimum atomic E-state index is 0. The quantitative estimate of drug-likeness (QED) is 0.534. The normalized spacial score (nSPS) is 19.2. The van der Waals surface area contributed by atoms with E-state index in [1.54, 1.807) is 0 Å². The summed E-state index contributed by atoms with van der Waals surface area (Å²) in [5, 5.41) is 0. The molecular weight excluding hydrogens is 315 g/mol. The molecule has 1 fully saturated rings.